The van der Waals surface area contributed by atoms with Crippen molar-refractivity contribution in [1.82, 2.24) is 4.90 Å². The first-order valence-corrected chi connectivity index (χ1v) is 9.44. The molecule has 1 aliphatic carbocycles. The van der Waals surface area contributed by atoms with Gasteiger partial charge >= 0.3 is 5.97 Å². The number of fused-ring (bicyclic) bond motifs is 1. The maximum absolute atomic E-state index is 12.6. The third-order valence-electron chi connectivity index (χ3n) is 5.59. The van der Waals surface area contributed by atoms with Crippen molar-refractivity contribution < 1.29 is 19.2 Å². The Morgan fingerprint density at radius 2 is 2.00 bits per heavy atom. The van der Waals surface area contributed by atoms with Gasteiger partial charge < -0.3 is 15.0 Å². The molecule has 0 aromatic heterocycles. The van der Waals surface area contributed by atoms with Gasteiger partial charge in [-0.25, -0.2) is 4.79 Å². The van der Waals surface area contributed by atoms with Gasteiger partial charge in [0.2, 0.25) is 0 Å². The van der Waals surface area contributed by atoms with Crippen LogP contribution in [0.25, 0.3) is 0 Å². The summed E-state index contributed by atoms with van der Waals surface area (Å²) in [5, 5.41) is 13.8. The molecule has 3 rings (SSSR count). The molecular weight excluding hydrogens is 350 g/mol. The quantitative estimate of drug-likeness (QED) is 0.482. The highest BCUT2D eigenvalue weighted by Gasteiger charge is 2.35. The van der Waals surface area contributed by atoms with Crippen LogP contribution in [0.4, 0.5) is 11.4 Å². The van der Waals surface area contributed by atoms with Crippen molar-refractivity contribution in [3.63, 3.8) is 0 Å². The molecule has 1 saturated heterocycles. The molecule has 0 radical (unpaired) electrons. The van der Waals surface area contributed by atoms with Gasteiger partial charge in [0, 0.05) is 25.7 Å². The Kier molecular flexibility index (Phi) is 5.93. The Hall–Kier alpha value is -2.64. The molecule has 1 amide bonds. The molecule has 8 heteroatoms. The third kappa shape index (κ3) is 4.20. The number of likely N-dealkylation sites (tertiary alicyclic amines) is 1. The molecule has 1 aliphatic heterocycles. The monoisotopic (exact) mass is 375 g/mol. The van der Waals surface area contributed by atoms with Crippen molar-refractivity contribution in [2.45, 2.75) is 44.6 Å². The van der Waals surface area contributed by atoms with E-state index in [0.29, 0.717) is 18.2 Å². The van der Waals surface area contributed by atoms with Crippen molar-refractivity contribution in [2.75, 3.05) is 25.5 Å². The van der Waals surface area contributed by atoms with E-state index >= 15 is 0 Å². The summed E-state index contributed by atoms with van der Waals surface area (Å²) < 4.78 is 5.16. The van der Waals surface area contributed by atoms with Gasteiger partial charge in [-0.1, -0.05) is 12.8 Å². The molecule has 1 aromatic rings. The number of amides is 1. The van der Waals surface area contributed by atoms with E-state index in [1.807, 2.05) is 4.90 Å². The lowest BCUT2D eigenvalue weighted by molar-refractivity contribution is -0.384. The van der Waals surface area contributed by atoms with Crippen LogP contribution in [0.5, 0.6) is 0 Å². The minimum atomic E-state index is -0.730. The molecule has 146 valence electrons. The summed E-state index contributed by atoms with van der Waals surface area (Å²) in [5.41, 5.74) is 0.159. The van der Waals surface area contributed by atoms with E-state index in [0.717, 1.165) is 38.2 Å². The van der Waals surface area contributed by atoms with Crippen LogP contribution in [0.15, 0.2) is 18.2 Å². The second-order valence-corrected chi connectivity index (χ2v) is 7.16. The number of rotatable bonds is 5. The molecular formula is C19H25N3O5. The Morgan fingerprint density at radius 1 is 1.26 bits per heavy atom. The summed E-state index contributed by atoms with van der Waals surface area (Å²) in [6, 6.07) is 4.32. The number of nitrogens with zero attached hydrogens (tertiary/aromatic N) is 2. The normalized spacial score (nSPS) is 21.9. The lowest BCUT2D eigenvalue weighted by atomic mass is 9.78. The number of carbonyl (C=O) groups excluding carboxylic acids is 2. The molecule has 2 fully saturated rings. The second-order valence-electron chi connectivity index (χ2n) is 7.16. The van der Waals surface area contributed by atoms with E-state index in [-0.39, 0.29) is 29.8 Å². The van der Waals surface area contributed by atoms with Gasteiger partial charge in [0.15, 0.2) is 6.61 Å². The van der Waals surface area contributed by atoms with Crippen LogP contribution in [0, 0.1) is 16.0 Å². The molecule has 1 aromatic carbocycles. The molecule has 1 saturated carbocycles. The highest BCUT2D eigenvalue weighted by Crippen LogP contribution is 2.35. The molecule has 2 aliphatic rings. The number of nitrogens with one attached hydrogen (secondary N) is 1. The van der Waals surface area contributed by atoms with E-state index in [9.17, 15) is 19.7 Å². The SMILES string of the molecule is CNc1ccc(C(=O)OCC(=O)N2CCC[C@@H]3CCCC[C@H]32)cc1[N+](=O)[O-]. The Bertz CT molecular complexity index is 734. The Morgan fingerprint density at radius 3 is 2.74 bits per heavy atom. The fourth-order valence-electron chi connectivity index (χ4n) is 4.25. The molecule has 27 heavy (non-hydrogen) atoms. The van der Waals surface area contributed by atoms with Crippen LogP contribution < -0.4 is 5.32 Å². The van der Waals surface area contributed by atoms with Gasteiger partial charge in [-0.05, 0) is 43.7 Å². The Balaban J connectivity index is 1.62. The Labute approximate surface area is 158 Å². The van der Waals surface area contributed by atoms with Crippen LogP contribution >= 0.6 is 0 Å². The number of nitro benzene ring substituents is 1. The van der Waals surface area contributed by atoms with Crippen LogP contribution in [-0.4, -0.2) is 47.9 Å². The number of nitro groups is 1. The number of esters is 1. The second kappa shape index (κ2) is 8.37. The van der Waals surface area contributed by atoms with Gasteiger partial charge in [-0.2, -0.15) is 0 Å². The zero-order valence-electron chi connectivity index (χ0n) is 15.5. The van der Waals surface area contributed by atoms with Crippen molar-refractivity contribution in [3.8, 4) is 0 Å². The van der Waals surface area contributed by atoms with E-state index in [1.165, 1.54) is 18.6 Å². The number of piperidine rings is 1. The van der Waals surface area contributed by atoms with E-state index in [4.69, 9.17) is 4.74 Å². The number of carbonyl (C=O) groups is 2. The van der Waals surface area contributed by atoms with E-state index < -0.39 is 10.9 Å². The number of hydrogen-bond donors (Lipinski definition) is 1. The minimum absolute atomic E-state index is 0.0580. The predicted octanol–water partition coefficient (Wildman–Crippen LogP) is 2.97. The molecule has 2 atom stereocenters. The summed E-state index contributed by atoms with van der Waals surface area (Å²) in [6.45, 7) is 0.378. The predicted molar refractivity (Wildman–Crippen MR) is 99.6 cm³/mol. The molecule has 0 unspecified atom stereocenters. The first-order chi connectivity index (χ1) is 13.0. The average Bonchev–Trinajstić information content (AvgIpc) is 2.70. The van der Waals surface area contributed by atoms with Crippen molar-refractivity contribution in [3.05, 3.63) is 33.9 Å². The van der Waals surface area contributed by atoms with Gasteiger partial charge in [-0.3, -0.25) is 14.9 Å². The number of ether oxygens (including phenoxy) is 1. The first-order valence-electron chi connectivity index (χ1n) is 9.44. The molecule has 0 spiro atoms. The van der Waals surface area contributed by atoms with Gasteiger partial charge in [0.1, 0.15) is 5.69 Å². The van der Waals surface area contributed by atoms with E-state index in [1.54, 1.807) is 7.05 Å². The van der Waals surface area contributed by atoms with Gasteiger partial charge in [0.05, 0.1) is 10.5 Å². The topological polar surface area (TPSA) is 102 Å². The smallest absolute Gasteiger partial charge is 0.338 e. The average molecular weight is 375 g/mol. The fourth-order valence-corrected chi connectivity index (χ4v) is 4.25. The van der Waals surface area contributed by atoms with Gasteiger partial charge in [0.25, 0.3) is 11.6 Å². The van der Waals surface area contributed by atoms with E-state index in [2.05, 4.69) is 5.32 Å². The highest BCUT2D eigenvalue weighted by atomic mass is 16.6. The molecule has 1 N–H and O–H groups in total. The zero-order valence-corrected chi connectivity index (χ0v) is 15.5. The molecule has 0 bridgehead atoms. The standard InChI is InChI=1S/C19H25N3O5/c1-20-15-9-8-14(11-17(15)22(25)26)19(24)27-12-18(23)21-10-4-6-13-5-2-3-7-16(13)21/h8-9,11,13,16,20H,2-7,10,12H2,1H3/t13-,16+/m0/s1. The molecule has 1 heterocycles. The first kappa shape index (κ1) is 19.1. The summed E-state index contributed by atoms with van der Waals surface area (Å²) in [5.74, 6) is -0.350. The van der Waals surface area contributed by atoms with Crippen LogP contribution in [0.3, 0.4) is 0 Å². The largest absolute Gasteiger partial charge is 0.452 e. The summed E-state index contributed by atoms with van der Waals surface area (Å²) >= 11 is 0. The third-order valence-corrected chi connectivity index (χ3v) is 5.59. The van der Waals surface area contributed by atoms with Crippen molar-refractivity contribution >= 4 is 23.3 Å². The van der Waals surface area contributed by atoms with Crippen LogP contribution in [0.2, 0.25) is 0 Å². The fraction of sp³-hybridized carbons (Fsp3) is 0.579. The zero-order chi connectivity index (χ0) is 19.4. The number of anilines is 1. The maximum Gasteiger partial charge on any atom is 0.338 e. The van der Waals surface area contributed by atoms with Crippen molar-refractivity contribution in [2.24, 2.45) is 5.92 Å². The number of hydrogen-bond acceptors (Lipinski definition) is 6. The summed E-state index contributed by atoms with van der Waals surface area (Å²) in [7, 11) is 1.57. The summed E-state index contributed by atoms with van der Waals surface area (Å²) in [6.07, 6.45) is 6.68. The van der Waals surface area contributed by atoms with Crippen LogP contribution in [-0.2, 0) is 9.53 Å². The summed E-state index contributed by atoms with van der Waals surface area (Å²) in [4.78, 5) is 37.3. The maximum atomic E-state index is 12.6. The number of benzene rings is 1. The van der Waals surface area contributed by atoms with Gasteiger partial charge in [-0.15, -0.1) is 0 Å². The lowest BCUT2D eigenvalue weighted by Crippen LogP contribution is -2.50. The molecule has 8 nitrogen and oxygen atoms in total. The minimum Gasteiger partial charge on any atom is -0.452 e. The van der Waals surface area contributed by atoms with Crippen LogP contribution in [0.1, 0.15) is 48.9 Å². The van der Waals surface area contributed by atoms with Crippen molar-refractivity contribution in [1.29, 1.82) is 0 Å². The lowest BCUT2D eigenvalue weighted by Gasteiger charge is -2.44. The highest BCUT2D eigenvalue weighted by molar-refractivity contribution is 5.93.